The van der Waals surface area contributed by atoms with Gasteiger partial charge in [-0.25, -0.2) is 0 Å². The number of hydrogen-bond acceptors (Lipinski definition) is 1. The molecule has 1 N–H and O–H groups in total. The summed E-state index contributed by atoms with van der Waals surface area (Å²) in [7, 11) is 0. The Morgan fingerprint density at radius 3 is 2.60 bits per heavy atom. The third-order valence-electron chi connectivity index (χ3n) is 5.40. The van der Waals surface area contributed by atoms with E-state index in [1.54, 1.807) is 0 Å². The molecule has 1 atom stereocenters. The predicted molar refractivity (Wildman–Crippen MR) is 100 cm³/mol. The molecule has 1 aromatic carbocycles. The fourth-order valence-corrected chi connectivity index (χ4v) is 3.92. The van der Waals surface area contributed by atoms with Gasteiger partial charge in [-0.1, -0.05) is 38.1 Å². The van der Waals surface area contributed by atoms with E-state index < -0.39 is 0 Å². The van der Waals surface area contributed by atoms with Crippen molar-refractivity contribution in [3.8, 4) is 0 Å². The molecule has 132 valence electrons. The van der Waals surface area contributed by atoms with Crippen molar-refractivity contribution in [3.63, 3.8) is 0 Å². The average Bonchev–Trinajstić information content (AvgIpc) is 2.64. The average molecular weight is 337 g/mol. The van der Waals surface area contributed by atoms with Gasteiger partial charge in [-0.3, -0.25) is 4.79 Å². The van der Waals surface area contributed by atoms with Crippen LogP contribution < -0.4 is 9.88 Å². The molecule has 0 bridgehead atoms. The molecular weight excluding hydrogens is 308 g/mol. The van der Waals surface area contributed by atoms with Crippen LogP contribution in [-0.4, -0.2) is 5.91 Å². The van der Waals surface area contributed by atoms with Crippen molar-refractivity contribution in [2.24, 2.45) is 0 Å². The van der Waals surface area contributed by atoms with Gasteiger partial charge in [-0.05, 0) is 54.7 Å². The number of nitrogens with one attached hydrogen (secondary N) is 1. The number of carbonyl (C=O) groups excluding carboxylic acids is 1. The van der Waals surface area contributed by atoms with E-state index >= 15 is 0 Å². The molecule has 0 saturated heterocycles. The molecule has 0 fully saturated rings. The van der Waals surface area contributed by atoms with Gasteiger partial charge in [-0.2, -0.15) is 4.57 Å². The summed E-state index contributed by atoms with van der Waals surface area (Å²) in [6, 6.07) is 12.9. The number of hydrogen-bond donors (Lipinski definition) is 1. The van der Waals surface area contributed by atoms with E-state index in [0.717, 1.165) is 32.1 Å². The Morgan fingerprint density at radius 1 is 1.16 bits per heavy atom. The molecule has 0 saturated carbocycles. The van der Waals surface area contributed by atoms with Gasteiger partial charge in [0.1, 0.15) is 0 Å². The molecular formula is C22H29N2O+. The summed E-state index contributed by atoms with van der Waals surface area (Å²) in [5, 5.41) is 3.22. The van der Waals surface area contributed by atoms with E-state index in [-0.39, 0.29) is 11.9 Å². The highest BCUT2D eigenvalue weighted by Gasteiger charge is 2.22. The van der Waals surface area contributed by atoms with Crippen LogP contribution in [0, 0.1) is 0 Å². The van der Waals surface area contributed by atoms with Crippen LogP contribution >= 0.6 is 0 Å². The molecule has 0 unspecified atom stereocenters. The number of amides is 1. The molecule has 0 radical (unpaired) electrons. The molecule has 0 aliphatic heterocycles. The molecule has 1 heterocycles. The number of pyridine rings is 1. The maximum Gasteiger partial charge on any atom is 0.286 e. The fourth-order valence-electron chi connectivity index (χ4n) is 3.92. The van der Waals surface area contributed by atoms with E-state index in [1.165, 1.54) is 16.7 Å². The first-order valence-electron chi connectivity index (χ1n) is 9.57. The number of aromatic nitrogens is 1. The number of rotatable bonds is 6. The summed E-state index contributed by atoms with van der Waals surface area (Å²) >= 11 is 0. The molecule has 3 nitrogen and oxygen atoms in total. The monoisotopic (exact) mass is 337 g/mol. The first-order chi connectivity index (χ1) is 12.2. The molecule has 3 heteroatoms. The summed E-state index contributed by atoms with van der Waals surface area (Å²) < 4.78 is 1.97. The molecule has 1 aliphatic rings. The Morgan fingerprint density at radius 2 is 1.88 bits per heavy atom. The molecule has 0 spiro atoms. The smallest absolute Gasteiger partial charge is 0.286 e. The second-order valence-electron chi connectivity index (χ2n) is 7.03. The summed E-state index contributed by atoms with van der Waals surface area (Å²) in [5.74, 6) is 0.698. The van der Waals surface area contributed by atoms with Crippen LogP contribution in [0.2, 0.25) is 0 Å². The fraction of sp³-hybridized carbons (Fsp3) is 0.455. The van der Waals surface area contributed by atoms with E-state index in [0.29, 0.717) is 12.5 Å². The quantitative estimate of drug-likeness (QED) is 0.792. The van der Waals surface area contributed by atoms with Gasteiger partial charge in [-0.15, -0.1) is 0 Å². The zero-order chi connectivity index (χ0) is 17.6. The lowest BCUT2D eigenvalue weighted by Crippen LogP contribution is -2.44. The third kappa shape index (κ3) is 4.28. The van der Waals surface area contributed by atoms with Crippen LogP contribution in [0.1, 0.15) is 68.2 Å². The Labute approximate surface area is 151 Å². The van der Waals surface area contributed by atoms with Crippen LogP contribution in [0.5, 0.6) is 0 Å². The lowest BCUT2D eigenvalue weighted by Gasteiger charge is -2.25. The number of fused-ring (bicyclic) bond motifs is 1. The van der Waals surface area contributed by atoms with Crippen LogP contribution in [-0.2, 0) is 17.8 Å². The van der Waals surface area contributed by atoms with Crippen molar-refractivity contribution in [2.45, 2.75) is 64.5 Å². The van der Waals surface area contributed by atoms with Gasteiger partial charge >= 0.3 is 0 Å². The van der Waals surface area contributed by atoms with Gasteiger partial charge in [0, 0.05) is 12.1 Å². The Hall–Kier alpha value is -2.16. The predicted octanol–water partition coefficient (Wildman–Crippen LogP) is 4.07. The standard InChI is InChI=1S/C22H28N2O/c1-3-17(4-2)18-12-14-24(15-13-18)16-22(25)23-21-11-7-9-19-8-5-6-10-20(19)21/h5-6,8,10,12-15,17,21H,3-4,7,9,11,16H2,1-2H3/p+1/t21-/m1/s1. The largest absolute Gasteiger partial charge is 0.344 e. The highest BCUT2D eigenvalue weighted by Crippen LogP contribution is 2.29. The van der Waals surface area contributed by atoms with Gasteiger partial charge in [0.2, 0.25) is 6.54 Å². The molecule has 3 rings (SSSR count). The zero-order valence-corrected chi connectivity index (χ0v) is 15.4. The van der Waals surface area contributed by atoms with E-state index in [2.05, 4.69) is 55.6 Å². The van der Waals surface area contributed by atoms with Crippen LogP contribution in [0.15, 0.2) is 48.8 Å². The van der Waals surface area contributed by atoms with Crippen molar-refractivity contribution < 1.29 is 9.36 Å². The van der Waals surface area contributed by atoms with Crippen LogP contribution in [0.25, 0.3) is 0 Å². The van der Waals surface area contributed by atoms with Gasteiger partial charge in [0.25, 0.3) is 5.91 Å². The van der Waals surface area contributed by atoms with Crippen LogP contribution in [0.4, 0.5) is 0 Å². The maximum absolute atomic E-state index is 12.5. The molecule has 1 aliphatic carbocycles. The minimum absolute atomic E-state index is 0.0852. The SMILES string of the molecule is CCC(CC)c1cc[n+](CC(=O)N[C@@H]2CCCc3ccccc32)cc1. The summed E-state index contributed by atoms with van der Waals surface area (Å²) in [6.07, 6.45) is 9.66. The second-order valence-corrected chi connectivity index (χ2v) is 7.03. The normalized spacial score (nSPS) is 16.5. The van der Waals surface area contributed by atoms with Gasteiger partial charge in [0.05, 0.1) is 6.04 Å². The lowest BCUT2D eigenvalue weighted by atomic mass is 9.88. The van der Waals surface area contributed by atoms with Crippen molar-refractivity contribution in [1.82, 2.24) is 5.32 Å². The van der Waals surface area contributed by atoms with Gasteiger partial charge in [0.15, 0.2) is 12.4 Å². The third-order valence-corrected chi connectivity index (χ3v) is 5.40. The maximum atomic E-state index is 12.5. The Balaban J connectivity index is 1.62. The Bertz CT molecular complexity index is 704. The highest BCUT2D eigenvalue weighted by molar-refractivity contribution is 5.75. The zero-order valence-electron chi connectivity index (χ0n) is 15.4. The lowest BCUT2D eigenvalue weighted by molar-refractivity contribution is -0.684. The number of carbonyl (C=O) groups is 1. The van der Waals surface area contributed by atoms with Crippen molar-refractivity contribution in [3.05, 3.63) is 65.5 Å². The second kappa shape index (κ2) is 8.28. The topological polar surface area (TPSA) is 33.0 Å². The number of benzene rings is 1. The van der Waals surface area contributed by atoms with Crippen molar-refractivity contribution in [2.75, 3.05) is 0 Å². The number of nitrogens with zero attached hydrogens (tertiary/aromatic N) is 1. The van der Waals surface area contributed by atoms with E-state index in [9.17, 15) is 4.79 Å². The van der Waals surface area contributed by atoms with Crippen molar-refractivity contribution >= 4 is 5.91 Å². The van der Waals surface area contributed by atoms with Gasteiger partial charge < -0.3 is 5.32 Å². The Kier molecular flexibility index (Phi) is 5.85. The summed E-state index contributed by atoms with van der Waals surface area (Å²) in [6.45, 7) is 4.83. The summed E-state index contributed by atoms with van der Waals surface area (Å²) in [5.41, 5.74) is 4.03. The van der Waals surface area contributed by atoms with E-state index in [4.69, 9.17) is 0 Å². The minimum Gasteiger partial charge on any atom is -0.344 e. The van der Waals surface area contributed by atoms with Crippen LogP contribution in [0.3, 0.4) is 0 Å². The summed E-state index contributed by atoms with van der Waals surface area (Å²) in [4.78, 5) is 12.5. The molecule has 2 aromatic rings. The van der Waals surface area contributed by atoms with Crippen molar-refractivity contribution in [1.29, 1.82) is 0 Å². The first-order valence-corrected chi connectivity index (χ1v) is 9.57. The van der Waals surface area contributed by atoms with E-state index in [1.807, 2.05) is 17.0 Å². The molecule has 1 aromatic heterocycles. The molecule has 1 amide bonds. The first kappa shape index (κ1) is 17.7. The molecule has 25 heavy (non-hydrogen) atoms. The highest BCUT2D eigenvalue weighted by atomic mass is 16.2. The minimum atomic E-state index is 0.0852. The number of aryl methyl sites for hydroxylation is 1.